The van der Waals surface area contributed by atoms with Crippen LogP contribution in [0.15, 0.2) is 41.1 Å². The van der Waals surface area contributed by atoms with Gasteiger partial charge in [0.1, 0.15) is 18.0 Å². The molecule has 0 aliphatic carbocycles. The zero-order chi connectivity index (χ0) is 18.6. The van der Waals surface area contributed by atoms with Crippen LogP contribution in [0, 0.1) is 5.92 Å². The van der Waals surface area contributed by atoms with E-state index < -0.39 is 0 Å². The van der Waals surface area contributed by atoms with Crippen LogP contribution < -0.4 is 15.1 Å². The molecule has 144 valence electrons. The molecule has 2 N–H and O–H groups in total. The first-order valence-corrected chi connectivity index (χ1v) is 10.5. The first-order chi connectivity index (χ1) is 13.2. The summed E-state index contributed by atoms with van der Waals surface area (Å²) in [4.78, 5) is 13.4. The van der Waals surface area contributed by atoms with Crippen molar-refractivity contribution in [3.63, 3.8) is 0 Å². The first-order valence-electron chi connectivity index (χ1n) is 9.67. The summed E-state index contributed by atoms with van der Waals surface area (Å²) in [6, 6.07) is 10.7. The van der Waals surface area contributed by atoms with Gasteiger partial charge < -0.3 is 20.2 Å². The van der Waals surface area contributed by atoms with Gasteiger partial charge in [-0.25, -0.2) is 9.97 Å². The topological polar surface area (TPSA) is 64.5 Å². The number of nitrogens with one attached hydrogen (secondary N) is 1. The van der Waals surface area contributed by atoms with Gasteiger partial charge in [0.25, 0.3) is 0 Å². The van der Waals surface area contributed by atoms with Crippen LogP contribution in [-0.2, 0) is 0 Å². The summed E-state index contributed by atoms with van der Waals surface area (Å²) in [6.45, 7) is 4.19. The average Bonchev–Trinajstić information content (AvgIpc) is 3.36. The Hall–Kier alpha value is -1.86. The summed E-state index contributed by atoms with van der Waals surface area (Å²) in [5.41, 5.74) is 1.29. The number of nitrogens with zero attached hydrogens (tertiary/aromatic N) is 4. The van der Waals surface area contributed by atoms with Gasteiger partial charge in [-0.05, 0) is 49.4 Å². The summed E-state index contributed by atoms with van der Waals surface area (Å²) in [6.07, 6.45) is 4.93. The summed E-state index contributed by atoms with van der Waals surface area (Å²) in [5, 5.41) is 13.0. The van der Waals surface area contributed by atoms with E-state index in [1.54, 1.807) is 6.33 Å². The van der Waals surface area contributed by atoms with Gasteiger partial charge in [0.15, 0.2) is 0 Å². The molecule has 6 nitrogen and oxygen atoms in total. The van der Waals surface area contributed by atoms with E-state index in [0.717, 1.165) is 55.1 Å². The fourth-order valence-electron chi connectivity index (χ4n) is 4.06. The maximum Gasteiger partial charge on any atom is 0.134 e. The zero-order valence-corrected chi connectivity index (χ0v) is 17.0. The molecule has 2 atom stereocenters. The van der Waals surface area contributed by atoms with E-state index in [1.165, 1.54) is 12.1 Å². The number of aromatic nitrogens is 2. The third-order valence-corrected chi connectivity index (χ3v) is 6.11. The van der Waals surface area contributed by atoms with Gasteiger partial charge in [0.05, 0.1) is 12.6 Å². The molecule has 2 aromatic rings. The molecule has 27 heavy (non-hydrogen) atoms. The maximum absolute atomic E-state index is 9.54. The smallest absolute Gasteiger partial charge is 0.134 e. The Labute approximate surface area is 168 Å². The number of aliphatic hydroxyl groups is 1. The van der Waals surface area contributed by atoms with Gasteiger partial charge in [-0.1, -0.05) is 15.9 Å². The van der Waals surface area contributed by atoms with Crippen LogP contribution in [0.2, 0.25) is 0 Å². The van der Waals surface area contributed by atoms with Crippen LogP contribution in [0.25, 0.3) is 0 Å². The minimum Gasteiger partial charge on any atom is -0.394 e. The van der Waals surface area contributed by atoms with Crippen molar-refractivity contribution in [2.75, 3.05) is 47.9 Å². The Balaban J connectivity index is 1.33. The van der Waals surface area contributed by atoms with Crippen molar-refractivity contribution >= 4 is 33.3 Å². The molecule has 2 saturated heterocycles. The Kier molecular flexibility index (Phi) is 5.78. The number of hydrogen-bond donors (Lipinski definition) is 2. The van der Waals surface area contributed by atoms with Crippen LogP contribution in [-0.4, -0.2) is 53.9 Å². The number of anilines is 3. The summed E-state index contributed by atoms with van der Waals surface area (Å²) in [7, 11) is 0. The number of benzene rings is 1. The number of hydrogen-bond acceptors (Lipinski definition) is 6. The van der Waals surface area contributed by atoms with Gasteiger partial charge >= 0.3 is 0 Å². The first kappa shape index (κ1) is 18.5. The standard InChI is InChI=1S/C20H26BrN5O/c21-16-3-5-17(6-4-16)25-9-7-15(12-25)11-22-19-10-20(24-14-23-19)26-8-1-2-18(26)13-27/h3-6,10,14-15,18,27H,1-2,7-9,11-13H2,(H,22,23,24). The van der Waals surface area contributed by atoms with Crippen molar-refractivity contribution in [1.29, 1.82) is 0 Å². The fraction of sp³-hybridized carbons (Fsp3) is 0.500. The molecule has 1 aromatic carbocycles. The lowest BCUT2D eigenvalue weighted by atomic mass is 10.1. The average molecular weight is 432 g/mol. The van der Waals surface area contributed by atoms with Crippen LogP contribution in [0.1, 0.15) is 19.3 Å². The summed E-state index contributed by atoms with van der Waals surface area (Å²) in [5.74, 6) is 2.38. The van der Waals surface area contributed by atoms with Crippen molar-refractivity contribution in [2.24, 2.45) is 5.92 Å². The van der Waals surface area contributed by atoms with Crippen molar-refractivity contribution in [3.8, 4) is 0 Å². The molecular weight excluding hydrogens is 406 g/mol. The summed E-state index contributed by atoms with van der Waals surface area (Å²) >= 11 is 3.50. The molecule has 1 aromatic heterocycles. The minimum atomic E-state index is 0.181. The molecule has 2 unspecified atom stereocenters. The predicted octanol–water partition coefficient (Wildman–Crippen LogP) is 3.14. The van der Waals surface area contributed by atoms with E-state index in [4.69, 9.17) is 0 Å². The Morgan fingerprint density at radius 1 is 1.15 bits per heavy atom. The highest BCUT2D eigenvalue weighted by atomic mass is 79.9. The van der Waals surface area contributed by atoms with Crippen LogP contribution in [0.5, 0.6) is 0 Å². The highest BCUT2D eigenvalue weighted by Gasteiger charge is 2.26. The van der Waals surface area contributed by atoms with E-state index in [2.05, 4.69) is 65.3 Å². The Morgan fingerprint density at radius 3 is 2.81 bits per heavy atom. The van der Waals surface area contributed by atoms with Gasteiger partial charge in [0, 0.05) is 42.4 Å². The van der Waals surface area contributed by atoms with Crippen LogP contribution >= 0.6 is 15.9 Å². The van der Waals surface area contributed by atoms with E-state index in [-0.39, 0.29) is 12.6 Å². The second-order valence-electron chi connectivity index (χ2n) is 7.39. The van der Waals surface area contributed by atoms with Crippen molar-refractivity contribution < 1.29 is 5.11 Å². The normalized spacial score (nSPS) is 22.4. The quantitative estimate of drug-likeness (QED) is 0.732. The number of rotatable bonds is 6. The lowest BCUT2D eigenvalue weighted by Crippen LogP contribution is -2.32. The Morgan fingerprint density at radius 2 is 2.00 bits per heavy atom. The Bertz CT molecular complexity index is 756. The molecule has 4 rings (SSSR count). The third-order valence-electron chi connectivity index (χ3n) is 5.58. The molecule has 2 fully saturated rings. The van der Waals surface area contributed by atoms with Gasteiger partial charge in [0.2, 0.25) is 0 Å². The molecule has 3 heterocycles. The molecule has 0 spiro atoms. The molecular formula is C20H26BrN5O. The molecule has 0 bridgehead atoms. The molecule has 7 heteroatoms. The molecule has 0 saturated carbocycles. The maximum atomic E-state index is 9.54. The van der Waals surface area contributed by atoms with Crippen LogP contribution in [0.4, 0.5) is 17.3 Å². The number of aliphatic hydroxyl groups excluding tert-OH is 1. The van der Waals surface area contributed by atoms with E-state index in [9.17, 15) is 5.11 Å². The second-order valence-corrected chi connectivity index (χ2v) is 8.31. The predicted molar refractivity (Wildman–Crippen MR) is 112 cm³/mol. The van der Waals surface area contributed by atoms with Crippen molar-refractivity contribution in [3.05, 3.63) is 41.1 Å². The highest BCUT2D eigenvalue weighted by Crippen LogP contribution is 2.27. The fourth-order valence-corrected chi connectivity index (χ4v) is 4.33. The van der Waals surface area contributed by atoms with Crippen molar-refractivity contribution in [2.45, 2.75) is 25.3 Å². The lowest BCUT2D eigenvalue weighted by molar-refractivity contribution is 0.266. The molecule has 2 aliphatic rings. The molecule has 0 radical (unpaired) electrons. The van der Waals surface area contributed by atoms with Gasteiger partial charge in [-0.2, -0.15) is 0 Å². The monoisotopic (exact) mass is 431 g/mol. The third kappa shape index (κ3) is 4.35. The van der Waals surface area contributed by atoms with Gasteiger partial charge in [-0.3, -0.25) is 0 Å². The molecule has 2 aliphatic heterocycles. The van der Waals surface area contributed by atoms with E-state index >= 15 is 0 Å². The largest absolute Gasteiger partial charge is 0.394 e. The van der Waals surface area contributed by atoms with Gasteiger partial charge in [-0.15, -0.1) is 0 Å². The second kappa shape index (κ2) is 8.44. The summed E-state index contributed by atoms with van der Waals surface area (Å²) < 4.78 is 1.12. The highest BCUT2D eigenvalue weighted by molar-refractivity contribution is 9.10. The minimum absolute atomic E-state index is 0.181. The zero-order valence-electron chi connectivity index (χ0n) is 15.4. The van der Waals surface area contributed by atoms with E-state index in [1.807, 2.05) is 6.07 Å². The lowest BCUT2D eigenvalue weighted by Gasteiger charge is -2.24. The molecule has 0 amide bonds. The van der Waals surface area contributed by atoms with E-state index in [0.29, 0.717) is 5.92 Å². The number of halogens is 1. The van der Waals surface area contributed by atoms with Crippen LogP contribution in [0.3, 0.4) is 0 Å². The SMILES string of the molecule is OCC1CCCN1c1cc(NCC2CCN(c3ccc(Br)cc3)C2)ncn1. The van der Waals surface area contributed by atoms with Crippen molar-refractivity contribution in [1.82, 2.24) is 9.97 Å².